The maximum Gasteiger partial charge on any atom is 0.257 e. The van der Waals surface area contributed by atoms with E-state index in [2.05, 4.69) is 15.6 Å². The fraction of sp³-hybridized carbons (Fsp3) is 0.0400. The Morgan fingerprint density at radius 1 is 1.11 bits per heavy atom. The molecule has 0 saturated carbocycles. The molecule has 0 aliphatic carbocycles. The van der Waals surface area contributed by atoms with Gasteiger partial charge < -0.3 is 10.6 Å². The quantitative estimate of drug-likeness (QED) is 0.418. The SMILES string of the molecule is N#Cc1ccc(-c2ncc(CNC(=O)c3ccc4c(c3)NC(=O)c3ccccc3S4(=O)=O)s2)cc1F. The molecule has 4 aromatic rings. The third kappa shape index (κ3) is 4.13. The third-order valence-electron chi connectivity index (χ3n) is 5.51. The fourth-order valence-corrected chi connectivity index (χ4v) is 6.17. The maximum atomic E-state index is 13.9. The van der Waals surface area contributed by atoms with Crippen LogP contribution >= 0.6 is 11.3 Å². The molecule has 0 fully saturated rings. The summed E-state index contributed by atoms with van der Waals surface area (Å²) < 4.78 is 40.1. The van der Waals surface area contributed by atoms with Gasteiger partial charge in [0, 0.05) is 22.2 Å². The number of thiazole rings is 1. The van der Waals surface area contributed by atoms with E-state index < -0.39 is 27.5 Å². The van der Waals surface area contributed by atoms with Crippen LogP contribution in [0, 0.1) is 17.1 Å². The van der Waals surface area contributed by atoms with Gasteiger partial charge in [0.1, 0.15) is 16.9 Å². The van der Waals surface area contributed by atoms with E-state index in [0.29, 0.717) is 15.4 Å². The second-order valence-corrected chi connectivity index (χ2v) is 10.8. The first-order chi connectivity index (χ1) is 17.3. The van der Waals surface area contributed by atoms with Crippen molar-refractivity contribution in [2.45, 2.75) is 16.3 Å². The van der Waals surface area contributed by atoms with Crippen molar-refractivity contribution in [2.24, 2.45) is 0 Å². The van der Waals surface area contributed by atoms with Crippen LogP contribution in [0.15, 0.2) is 76.7 Å². The van der Waals surface area contributed by atoms with E-state index in [0.717, 1.165) is 0 Å². The summed E-state index contributed by atoms with van der Waals surface area (Å²) in [5, 5.41) is 14.7. The monoisotopic (exact) mass is 518 g/mol. The number of carbonyl (C=O) groups is 2. The lowest BCUT2D eigenvalue weighted by Gasteiger charge is -2.10. The van der Waals surface area contributed by atoms with Crippen LogP contribution in [0.25, 0.3) is 10.6 Å². The Hall–Kier alpha value is -4.40. The number of carbonyl (C=O) groups excluding carboxylic acids is 2. The summed E-state index contributed by atoms with van der Waals surface area (Å²) >= 11 is 1.25. The standard InChI is InChI=1S/C25H15FN4O4S2/c26-19-9-15(5-6-16(19)11-27)25-29-13-17(35-25)12-28-23(31)14-7-8-22-20(10-14)30-24(32)18-3-1-2-4-21(18)36(22,33)34/h1-10,13H,12H2,(H,28,31)(H,30,32). The number of anilines is 1. The molecule has 0 radical (unpaired) electrons. The molecule has 0 atom stereocenters. The molecule has 1 aliphatic rings. The predicted molar refractivity (Wildman–Crippen MR) is 130 cm³/mol. The van der Waals surface area contributed by atoms with Crippen LogP contribution in [0.2, 0.25) is 0 Å². The number of nitriles is 1. The molecule has 0 saturated heterocycles. The number of halogens is 1. The third-order valence-corrected chi connectivity index (χ3v) is 8.43. The Bertz CT molecular complexity index is 1710. The van der Waals surface area contributed by atoms with Crippen LogP contribution in [0.3, 0.4) is 0 Å². The number of hydrogen-bond donors (Lipinski definition) is 2. The van der Waals surface area contributed by atoms with Crippen molar-refractivity contribution in [1.29, 1.82) is 5.26 Å². The van der Waals surface area contributed by atoms with E-state index in [1.54, 1.807) is 30.5 Å². The van der Waals surface area contributed by atoms with Gasteiger partial charge >= 0.3 is 0 Å². The number of hydrogen-bond acceptors (Lipinski definition) is 7. The summed E-state index contributed by atoms with van der Waals surface area (Å²) in [6.45, 7) is 0.127. The van der Waals surface area contributed by atoms with E-state index >= 15 is 0 Å². The smallest absolute Gasteiger partial charge is 0.257 e. The number of amides is 2. The number of benzene rings is 3. The van der Waals surface area contributed by atoms with E-state index in [-0.39, 0.29) is 38.7 Å². The van der Waals surface area contributed by atoms with Gasteiger partial charge in [-0.05, 0) is 42.5 Å². The van der Waals surface area contributed by atoms with Crippen LogP contribution in [0.5, 0.6) is 0 Å². The summed E-state index contributed by atoms with van der Waals surface area (Å²) in [5.41, 5.74) is 0.665. The highest BCUT2D eigenvalue weighted by Gasteiger charge is 2.31. The molecule has 2 N–H and O–H groups in total. The number of aromatic nitrogens is 1. The first kappa shape index (κ1) is 23.3. The first-order valence-electron chi connectivity index (χ1n) is 10.5. The summed E-state index contributed by atoms with van der Waals surface area (Å²) in [6, 6.07) is 15.9. The zero-order valence-corrected chi connectivity index (χ0v) is 19.9. The van der Waals surface area contributed by atoms with Gasteiger partial charge in [-0.25, -0.2) is 17.8 Å². The molecule has 8 nitrogen and oxygen atoms in total. The predicted octanol–water partition coefficient (Wildman–Crippen LogP) is 4.15. The fourth-order valence-electron chi connectivity index (χ4n) is 3.73. The Kier molecular flexibility index (Phi) is 5.83. The second kappa shape index (κ2) is 8.99. The number of rotatable bonds is 4. The van der Waals surface area contributed by atoms with Crippen LogP contribution in [0.4, 0.5) is 10.1 Å². The molecule has 36 heavy (non-hydrogen) atoms. The molecule has 2 amide bonds. The van der Waals surface area contributed by atoms with Crippen molar-refractivity contribution in [2.75, 3.05) is 5.32 Å². The minimum Gasteiger partial charge on any atom is -0.347 e. The lowest BCUT2D eigenvalue weighted by atomic mass is 10.1. The Balaban J connectivity index is 1.34. The summed E-state index contributed by atoms with van der Waals surface area (Å²) in [5.74, 6) is -1.70. The average Bonchev–Trinajstić information content (AvgIpc) is 3.33. The molecule has 2 heterocycles. The molecule has 11 heteroatoms. The molecule has 0 spiro atoms. The Morgan fingerprint density at radius 3 is 2.69 bits per heavy atom. The second-order valence-electron chi connectivity index (χ2n) is 7.79. The number of fused-ring (bicyclic) bond motifs is 2. The maximum absolute atomic E-state index is 13.9. The number of nitrogens with one attached hydrogen (secondary N) is 2. The van der Waals surface area contributed by atoms with E-state index in [9.17, 15) is 22.4 Å². The highest BCUT2D eigenvalue weighted by molar-refractivity contribution is 7.91. The van der Waals surface area contributed by atoms with E-state index in [1.807, 2.05) is 0 Å². The van der Waals surface area contributed by atoms with Crippen molar-refractivity contribution in [1.82, 2.24) is 10.3 Å². The van der Waals surface area contributed by atoms with Crippen molar-refractivity contribution in [3.05, 3.63) is 94.2 Å². The van der Waals surface area contributed by atoms with Crippen LogP contribution in [-0.2, 0) is 16.4 Å². The highest BCUT2D eigenvalue weighted by atomic mass is 32.2. The zero-order valence-electron chi connectivity index (χ0n) is 18.3. The molecular weight excluding hydrogens is 503 g/mol. The molecule has 0 bridgehead atoms. The zero-order chi connectivity index (χ0) is 25.4. The topological polar surface area (TPSA) is 129 Å². The van der Waals surface area contributed by atoms with Gasteiger partial charge in [0.2, 0.25) is 9.84 Å². The lowest BCUT2D eigenvalue weighted by Crippen LogP contribution is -2.22. The van der Waals surface area contributed by atoms with Crippen LogP contribution < -0.4 is 10.6 Å². The van der Waals surface area contributed by atoms with E-state index in [1.165, 1.54) is 53.8 Å². The van der Waals surface area contributed by atoms with Crippen LogP contribution in [-0.4, -0.2) is 25.2 Å². The highest BCUT2D eigenvalue weighted by Crippen LogP contribution is 2.34. The molecule has 3 aromatic carbocycles. The normalized spacial score (nSPS) is 13.5. The van der Waals surface area contributed by atoms with Gasteiger partial charge in [-0.15, -0.1) is 11.3 Å². The van der Waals surface area contributed by atoms with Gasteiger partial charge in [0.15, 0.2) is 0 Å². The largest absolute Gasteiger partial charge is 0.347 e. The summed E-state index contributed by atoms with van der Waals surface area (Å²) in [4.78, 5) is 30.1. The van der Waals surface area contributed by atoms with Gasteiger partial charge in [-0.1, -0.05) is 18.2 Å². The van der Waals surface area contributed by atoms with Crippen molar-refractivity contribution in [3.8, 4) is 16.6 Å². The van der Waals surface area contributed by atoms with E-state index in [4.69, 9.17) is 5.26 Å². The molecular formula is C25H15FN4O4S2. The van der Waals surface area contributed by atoms with Crippen molar-refractivity contribution < 1.29 is 22.4 Å². The average molecular weight is 519 g/mol. The molecule has 0 unspecified atom stereocenters. The Morgan fingerprint density at radius 2 is 1.92 bits per heavy atom. The summed E-state index contributed by atoms with van der Waals surface area (Å²) in [6.07, 6.45) is 1.55. The molecule has 1 aromatic heterocycles. The summed E-state index contributed by atoms with van der Waals surface area (Å²) in [7, 11) is -3.97. The van der Waals surface area contributed by atoms with Gasteiger partial charge in [0.05, 0.1) is 33.2 Å². The van der Waals surface area contributed by atoms with Crippen LogP contribution in [0.1, 0.15) is 31.2 Å². The molecule has 5 rings (SSSR count). The van der Waals surface area contributed by atoms with Gasteiger partial charge in [0.25, 0.3) is 11.8 Å². The lowest BCUT2D eigenvalue weighted by molar-refractivity contribution is 0.0949. The van der Waals surface area contributed by atoms with Crippen molar-refractivity contribution in [3.63, 3.8) is 0 Å². The van der Waals surface area contributed by atoms with Crippen molar-refractivity contribution >= 4 is 38.7 Å². The molecule has 178 valence electrons. The number of sulfone groups is 1. The van der Waals surface area contributed by atoms with Gasteiger partial charge in [-0.3, -0.25) is 9.59 Å². The number of nitrogens with zero attached hydrogens (tertiary/aromatic N) is 2. The minimum absolute atomic E-state index is 0.0202. The minimum atomic E-state index is -3.97. The Labute approximate surface area is 209 Å². The first-order valence-corrected chi connectivity index (χ1v) is 12.8. The molecule has 1 aliphatic heterocycles. The van der Waals surface area contributed by atoms with Gasteiger partial charge in [-0.2, -0.15) is 5.26 Å².